The van der Waals surface area contributed by atoms with E-state index in [4.69, 9.17) is 0 Å². The molecule has 1 aromatic heterocycles. The lowest BCUT2D eigenvalue weighted by Crippen LogP contribution is -2.49. The highest BCUT2D eigenvalue weighted by Gasteiger charge is 2.34. The van der Waals surface area contributed by atoms with Gasteiger partial charge in [0.1, 0.15) is 6.54 Å². The highest BCUT2D eigenvalue weighted by molar-refractivity contribution is 7.10. The minimum atomic E-state index is -0.0655. The second-order valence-corrected chi connectivity index (χ2v) is 8.08. The first-order chi connectivity index (χ1) is 13.1. The fourth-order valence-electron chi connectivity index (χ4n) is 3.73. The number of benzene rings is 1. The number of hydrogen-bond acceptors (Lipinski definition) is 3. The third-order valence-electron chi connectivity index (χ3n) is 5.45. The summed E-state index contributed by atoms with van der Waals surface area (Å²) in [7, 11) is 0. The molecule has 0 bridgehead atoms. The summed E-state index contributed by atoms with van der Waals surface area (Å²) >= 11 is 1.77. The van der Waals surface area contributed by atoms with Gasteiger partial charge in [0, 0.05) is 23.9 Å². The number of carbonyl (C=O) groups excluding carboxylic acids is 2. The van der Waals surface area contributed by atoms with Crippen LogP contribution in [0.4, 0.5) is 0 Å². The average molecular weight is 385 g/mol. The minimum Gasteiger partial charge on any atom is -0.331 e. The molecular weight excluding hydrogens is 356 g/mol. The van der Waals surface area contributed by atoms with Gasteiger partial charge in [-0.25, -0.2) is 0 Å². The van der Waals surface area contributed by atoms with Gasteiger partial charge in [-0.05, 0) is 42.3 Å². The first kappa shape index (κ1) is 19.6. The fourth-order valence-corrected chi connectivity index (χ4v) is 4.63. The average Bonchev–Trinajstić information content (AvgIpc) is 3.19. The van der Waals surface area contributed by atoms with E-state index in [1.165, 1.54) is 10.4 Å². The van der Waals surface area contributed by atoms with Gasteiger partial charge < -0.3 is 9.80 Å². The number of fused-ring (bicyclic) bond motifs is 1. The molecule has 1 aromatic carbocycles. The Hall–Kier alpha value is -2.14. The third-order valence-corrected chi connectivity index (χ3v) is 6.45. The summed E-state index contributed by atoms with van der Waals surface area (Å²) in [5.74, 6) is 0.0741. The highest BCUT2D eigenvalue weighted by atomic mass is 32.1. The molecule has 144 valence electrons. The molecule has 0 spiro atoms. The molecule has 2 amide bonds. The van der Waals surface area contributed by atoms with E-state index >= 15 is 0 Å². The van der Waals surface area contributed by atoms with Crippen LogP contribution in [-0.2, 0) is 16.0 Å². The van der Waals surface area contributed by atoms with Crippen molar-refractivity contribution in [2.24, 2.45) is 0 Å². The number of amides is 2. The molecule has 0 saturated heterocycles. The van der Waals surface area contributed by atoms with Crippen molar-refractivity contribution in [3.8, 4) is 0 Å². The molecule has 3 rings (SSSR count). The number of nitrogens with zero attached hydrogens (tertiary/aromatic N) is 2. The van der Waals surface area contributed by atoms with E-state index < -0.39 is 0 Å². The Morgan fingerprint density at radius 1 is 1.22 bits per heavy atom. The summed E-state index contributed by atoms with van der Waals surface area (Å²) in [5.41, 5.74) is 2.35. The number of carbonyl (C=O) groups is 2. The second kappa shape index (κ2) is 8.70. The molecule has 2 unspecified atom stereocenters. The van der Waals surface area contributed by atoms with Crippen LogP contribution < -0.4 is 0 Å². The topological polar surface area (TPSA) is 40.6 Å². The zero-order valence-corrected chi connectivity index (χ0v) is 17.2. The minimum absolute atomic E-state index is 0.0304. The summed E-state index contributed by atoms with van der Waals surface area (Å²) in [4.78, 5) is 30.8. The zero-order chi connectivity index (χ0) is 19.4. The summed E-state index contributed by atoms with van der Waals surface area (Å²) < 4.78 is 0. The maximum absolute atomic E-state index is 13.3. The zero-order valence-electron chi connectivity index (χ0n) is 16.4. The van der Waals surface area contributed by atoms with E-state index in [2.05, 4.69) is 30.5 Å². The van der Waals surface area contributed by atoms with Crippen molar-refractivity contribution in [3.63, 3.8) is 0 Å². The van der Waals surface area contributed by atoms with Crippen molar-refractivity contribution in [1.82, 2.24) is 9.80 Å². The Balaban J connectivity index is 1.89. The van der Waals surface area contributed by atoms with Crippen molar-refractivity contribution >= 4 is 23.2 Å². The molecular formula is C22H28N2O2S. The van der Waals surface area contributed by atoms with Gasteiger partial charge in [0.05, 0.1) is 6.04 Å². The lowest BCUT2D eigenvalue weighted by atomic mass is 9.93. The van der Waals surface area contributed by atoms with Gasteiger partial charge in [-0.15, -0.1) is 11.3 Å². The summed E-state index contributed by atoms with van der Waals surface area (Å²) in [6.45, 7) is 6.78. The smallest absolute Gasteiger partial charge is 0.243 e. The van der Waals surface area contributed by atoms with E-state index in [0.29, 0.717) is 13.0 Å². The maximum atomic E-state index is 13.3. The van der Waals surface area contributed by atoms with Crippen molar-refractivity contribution < 1.29 is 9.59 Å². The van der Waals surface area contributed by atoms with Crippen molar-refractivity contribution in [2.45, 2.75) is 52.1 Å². The van der Waals surface area contributed by atoms with Gasteiger partial charge in [-0.1, -0.05) is 44.2 Å². The van der Waals surface area contributed by atoms with Gasteiger partial charge in [0.2, 0.25) is 11.8 Å². The van der Waals surface area contributed by atoms with E-state index in [9.17, 15) is 9.59 Å². The first-order valence-corrected chi connectivity index (χ1v) is 10.6. The van der Waals surface area contributed by atoms with Crippen LogP contribution in [0.25, 0.3) is 0 Å². The van der Waals surface area contributed by atoms with E-state index in [1.54, 1.807) is 16.2 Å². The van der Waals surface area contributed by atoms with Crippen LogP contribution in [0.3, 0.4) is 0 Å². The molecule has 2 heterocycles. The standard InChI is InChI=1S/C22H28N2O2S/c1-4-16(3)24(20(25)5-2)15-21(26)23-13-11-19-18(12-14-27-19)22(23)17-9-7-6-8-10-17/h6-10,12,14,16,22H,4-5,11,13,15H2,1-3H3. The van der Waals surface area contributed by atoms with Crippen molar-refractivity contribution in [3.05, 3.63) is 57.8 Å². The van der Waals surface area contributed by atoms with Crippen molar-refractivity contribution in [1.29, 1.82) is 0 Å². The molecule has 2 atom stereocenters. The largest absolute Gasteiger partial charge is 0.331 e. The Labute approximate surface area is 165 Å². The van der Waals surface area contributed by atoms with Crippen LogP contribution in [0.5, 0.6) is 0 Å². The molecule has 0 fully saturated rings. The Bertz CT molecular complexity index is 787. The highest BCUT2D eigenvalue weighted by Crippen LogP contribution is 2.37. The van der Waals surface area contributed by atoms with Gasteiger partial charge in [0.25, 0.3) is 0 Å². The van der Waals surface area contributed by atoms with E-state index in [-0.39, 0.29) is 30.4 Å². The summed E-state index contributed by atoms with van der Waals surface area (Å²) in [5, 5.41) is 2.11. The predicted molar refractivity (Wildman–Crippen MR) is 110 cm³/mol. The molecule has 4 nitrogen and oxygen atoms in total. The maximum Gasteiger partial charge on any atom is 0.243 e. The van der Waals surface area contributed by atoms with Crippen LogP contribution >= 0.6 is 11.3 Å². The molecule has 0 N–H and O–H groups in total. The summed E-state index contributed by atoms with van der Waals surface area (Å²) in [6, 6.07) is 12.3. The van der Waals surface area contributed by atoms with E-state index in [1.807, 2.05) is 36.9 Å². The van der Waals surface area contributed by atoms with Crippen molar-refractivity contribution in [2.75, 3.05) is 13.1 Å². The second-order valence-electron chi connectivity index (χ2n) is 7.08. The van der Waals surface area contributed by atoms with Crippen LogP contribution in [0.15, 0.2) is 41.8 Å². The Kier molecular flexibility index (Phi) is 6.32. The van der Waals surface area contributed by atoms with Crippen LogP contribution in [-0.4, -0.2) is 40.7 Å². The molecule has 5 heteroatoms. The fraction of sp³-hybridized carbons (Fsp3) is 0.455. The first-order valence-electron chi connectivity index (χ1n) is 9.76. The number of thiophene rings is 1. The molecule has 1 aliphatic rings. The molecule has 2 aromatic rings. The lowest BCUT2D eigenvalue weighted by Gasteiger charge is -2.38. The molecule has 0 saturated carbocycles. The van der Waals surface area contributed by atoms with Gasteiger partial charge in [-0.2, -0.15) is 0 Å². The van der Waals surface area contributed by atoms with Gasteiger partial charge in [-0.3, -0.25) is 9.59 Å². The van der Waals surface area contributed by atoms with Gasteiger partial charge in [0.15, 0.2) is 0 Å². The van der Waals surface area contributed by atoms with Gasteiger partial charge >= 0.3 is 0 Å². The predicted octanol–water partition coefficient (Wildman–Crippen LogP) is 4.26. The quantitative estimate of drug-likeness (QED) is 0.747. The molecule has 0 radical (unpaired) electrons. The monoisotopic (exact) mass is 384 g/mol. The lowest BCUT2D eigenvalue weighted by molar-refractivity contribution is -0.143. The van der Waals surface area contributed by atoms with Crippen LogP contribution in [0, 0.1) is 0 Å². The van der Waals surface area contributed by atoms with Crippen LogP contribution in [0.1, 0.15) is 55.7 Å². The SMILES string of the molecule is CCC(=O)N(CC(=O)N1CCc2sccc2C1c1ccccc1)C(C)CC. The summed E-state index contributed by atoms with van der Waals surface area (Å²) in [6.07, 6.45) is 2.15. The van der Waals surface area contributed by atoms with E-state index in [0.717, 1.165) is 18.4 Å². The molecule has 1 aliphatic heterocycles. The normalized spacial score (nSPS) is 17.3. The Morgan fingerprint density at radius 2 is 1.96 bits per heavy atom. The molecule has 27 heavy (non-hydrogen) atoms. The number of hydrogen-bond donors (Lipinski definition) is 0. The van der Waals surface area contributed by atoms with Crippen LogP contribution in [0.2, 0.25) is 0 Å². The third kappa shape index (κ3) is 4.08. The molecule has 0 aliphatic carbocycles. The Morgan fingerprint density at radius 3 is 2.63 bits per heavy atom. The number of rotatable bonds is 6.